The van der Waals surface area contributed by atoms with E-state index in [1.807, 2.05) is 18.3 Å². The van der Waals surface area contributed by atoms with Gasteiger partial charge < -0.3 is 19.7 Å². The Kier molecular flexibility index (Phi) is 4.95. The highest BCUT2D eigenvalue weighted by Gasteiger charge is 2.40. The summed E-state index contributed by atoms with van der Waals surface area (Å²) in [6.45, 7) is 4.06. The van der Waals surface area contributed by atoms with Gasteiger partial charge in [0, 0.05) is 32.0 Å². The number of hydrogen-bond donors (Lipinski definition) is 1. The van der Waals surface area contributed by atoms with Crippen LogP contribution in [0.3, 0.4) is 0 Å². The fourth-order valence-electron chi connectivity index (χ4n) is 3.39. The van der Waals surface area contributed by atoms with Crippen LogP contribution in [0.1, 0.15) is 10.4 Å². The van der Waals surface area contributed by atoms with Crippen molar-refractivity contribution < 1.29 is 14.3 Å². The molecule has 2 aromatic rings. The fourth-order valence-corrected chi connectivity index (χ4v) is 3.59. The molecule has 26 heavy (non-hydrogen) atoms. The van der Waals surface area contributed by atoms with Crippen molar-refractivity contribution >= 4 is 17.5 Å². The molecule has 1 aromatic carbocycles. The van der Waals surface area contributed by atoms with E-state index in [-0.39, 0.29) is 5.91 Å². The van der Waals surface area contributed by atoms with Crippen molar-refractivity contribution in [1.82, 2.24) is 20.0 Å². The topological polar surface area (TPSA) is 68.6 Å². The Labute approximate surface area is 156 Å². The summed E-state index contributed by atoms with van der Waals surface area (Å²) in [7, 11) is 0. The number of ether oxygens (including phenoxy) is 2. The molecule has 2 fully saturated rings. The molecule has 0 aliphatic carbocycles. The Hall–Kier alpha value is -1.93. The molecule has 2 aliphatic rings. The number of halogens is 1. The summed E-state index contributed by atoms with van der Waals surface area (Å²) in [5, 5.41) is 7.96. The third-order valence-electron chi connectivity index (χ3n) is 4.72. The van der Waals surface area contributed by atoms with Crippen LogP contribution in [0.25, 0.3) is 5.69 Å². The summed E-state index contributed by atoms with van der Waals surface area (Å²) < 4.78 is 13.3. The minimum absolute atomic E-state index is 0.101. The van der Waals surface area contributed by atoms with Crippen molar-refractivity contribution in [2.75, 3.05) is 46.0 Å². The zero-order valence-electron chi connectivity index (χ0n) is 14.4. The molecule has 1 amide bonds. The highest BCUT2D eigenvalue weighted by Crippen LogP contribution is 2.25. The van der Waals surface area contributed by atoms with E-state index in [9.17, 15) is 4.79 Å². The lowest BCUT2D eigenvalue weighted by molar-refractivity contribution is -0.125. The van der Waals surface area contributed by atoms with Gasteiger partial charge >= 0.3 is 0 Å². The minimum Gasteiger partial charge on any atom is -0.377 e. The summed E-state index contributed by atoms with van der Waals surface area (Å²) in [6, 6.07) is 7.19. The van der Waals surface area contributed by atoms with Crippen molar-refractivity contribution in [3.05, 3.63) is 47.2 Å². The number of rotatable bonds is 2. The highest BCUT2D eigenvalue weighted by atomic mass is 35.5. The van der Waals surface area contributed by atoms with E-state index in [2.05, 4.69) is 10.4 Å². The van der Waals surface area contributed by atoms with Crippen LogP contribution in [0.2, 0.25) is 5.02 Å². The van der Waals surface area contributed by atoms with Gasteiger partial charge in [-0.2, -0.15) is 5.10 Å². The summed E-state index contributed by atoms with van der Waals surface area (Å²) >= 11 is 6.33. The maximum atomic E-state index is 13.1. The first-order valence-electron chi connectivity index (χ1n) is 8.68. The molecule has 1 atom stereocenters. The second-order valence-electron chi connectivity index (χ2n) is 6.60. The number of morpholine rings is 1. The molecule has 2 saturated heterocycles. The van der Waals surface area contributed by atoms with E-state index >= 15 is 0 Å². The maximum absolute atomic E-state index is 13.1. The van der Waals surface area contributed by atoms with Gasteiger partial charge in [0.2, 0.25) is 0 Å². The molecule has 1 aromatic heterocycles. The predicted molar refractivity (Wildman–Crippen MR) is 96.8 cm³/mol. The Morgan fingerprint density at radius 3 is 3.12 bits per heavy atom. The van der Waals surface area contributed by atoms with Crippen LogP contribution < -0.4 is 5.32 Å². The van der Waals surface area contributed by atoms with Crippen LogP contribution >= 0.6 is 11.6 Å². The number of carbonyl (C=O) groups excluding carboxylic acids is 1. The molecule has 1 N–H and O–H groups in total. The molecule has 3 heterocycles. The predicted octanol–water partition coefficient (Wildman–Crippen LogP) is 1.36. The van der Waals surface area contributed by atoms with Gasteiger partial charge in [-0.15, -0.1) is 0 Å². The van der Waals surface area contributed by atoms with Crippen LogP contribution in [-0.2, 0) is 9.47 Å². The number of amides is 1. The first-order chi connectivity index (χ1) is 12.7. The summed E-state index contributed by atoms with van der Waals surface area (Å²) in [4.78, 5) is 14.9. The van der Waals surface area contributed by atoms with Gasteiger partial charge in [0.1, 0.15) is 5.60 Å². The molecule has 8 heteroatoms. The van der Waals surface area contributed by atoms with Crippen molar-refractivity contribution in [2.45, 2.75) is 5.60 Å². The van der Waals surface area contributed by atoms with Crippen molar-refractivity contribution in [2.24, 2.45) is 0 Å². The van der Waals surface area contributed by atoms with Crippen LogP contribution in [0.15, 0.2) is 36.7 Å². The van der Waals surface area contributed by atoms with Crippen LogP contribution in [-0.4, -0.2) is 72.2 Å². The van der Waals surface area contributed by atoms with Gasteiger partial charge in [0.05, 0.1) is 42.6 Å². The molecule has 2 aliphatic heterocycles. The van der Waals surface area contributed by atoms with E-state index in [4.69, 9.17) is 21.1 Å². The molecule has 138 valence electrons. The van der Waals surface area contributed by atoms with Crippen LogP contribution in [0.5, 0.6) is 0 Å². The highest BCUT2D eigenvalue weighted by molar-refractivity contribution is 6.33. The normalized spacial score (nSPS) is 23.8. The smallest absolute Gasteiger partial charge is 0.255 e. The lowest BCUT2D eigenvalue weighted by atomic mass is 10.0. The number of aromatic nitrogens is 2. The van der Waals surface area contributed by atoms with Gasteiger partial charge in [0.15, 0.2) is 0 Å². The fraction of sp³-hybridized carbons (Fsp3) is 0.444. The minimum atomic E-state index is -0.503. The second kappa shape index (κ2) is 7.36. The molecule has 1 unspecified atom stereocenters. The van der Waals surface area contributed by atoms with Gasteiger partial charge in [0.25, 0.3) is 5.91 Å². The SMILES string of the molecule is O=C(c1cc(-n2cccn2)ccc1Cl)N1CCOC2(CNCCOC2)C1. The van der Waals surface area contributed by atoms with Crippen molar-refractivity contribution in [1.29, 1.82) is 0 Å². The Morgan fingerprint density at radius 2 is 2.27 bits per heavy atom. The molecule has 0 bridgehead atoms. The second-order valence-corrected chi connectivity index (χ2v) is 7.01. The first-order valence-corrected chi connectivity index (χ1v) is 9.06. The van der Waals surface area contributed by atoms with E-state index in [0.29, 0.717) is 50.0 Å². The summed E-state index contributed by atoms with van der Waals surface area (Å²) in [5.41, 5.74) is 0.764. The van der Waals surface area contributed by atoms with E-state index in [0.717, 1.165) is 12.2 Å². The lowest BCUT2D eigenvalue weighted by Crippen LogP contribution is -2.59. The Morgan fingerprint density at radius 1 is 1.35 bits per heavy atom. The monoisotopic (exact) mass is 376 g/mol. The number of nitrogens with one attached hydrogen (secondary N) is 1. The molecule has 0 saturated carbocycles. The molecular formula is C18H21ClN4O3. The third kappa shape index (κ3) is 3.48. The largest absolute Gasteiger partial charge is 0.377 e. The van der Waals surface area contributed by atoms with Gasteiger partial charge in [-0.1, -0.05) is 11.6 Å². The van der Waals surface area contributed by atoms with E-state index in [1.165, 1.54) is 0 Å². The number of nitrogens with zero attached hydrogens (tertiary/aromatic N) is 3. The molecule has 0 radical (unpaired) electrons. The Bertz CT molecular complexity index is 773. The Balaban J connectivity index is 1.58. The molecule has 1 spiro atoms. The number of carbonyl (C=O) groups is 1. The van der Waals surface area contributed by atoms with E-state index in [1.54, 1.807) is 27.9 Å². The van der Waals surface area contributed by atoms with Crippen LogP contribution in [0.4, 0.5) is 0 Å². The van der Waals surface area contributed by atoms with Gasteiger partial charge in [-0.25, -0.2) is 4.68 Å². The zero-order valence-corrected chi connectivity index (χ0v) is 15.1. The van der Waals surface area contributed by atoms with Gasteiger partial charge in [-0.3, -0.25) is 4.79 Å². The van der Waals surface area contributed by atoms with Crippen molar-refractivity contribution in [3.8, 4) is 5.69 Å². The third-order valence-corrected chi connectivity index (χ3v) is 5.05. The number of hydrogen-bond acceptors (Lipinski definition) is 5. The summed E-state index contributed by atoms with van der Waals surface area (Å²) in [6.07, 6.45) is 3.52. The first kappa shape index (κ1) is 17.5. The standard InChI is InChI=1S/C18H21ClN4O3/c19-16-3-2-14(23-6-1-4-21-23)10-15(16)17(24)22-7-9-26-18(12-22)11-20-5-8-25-13-18/h1-4,6,10,20H,5,7-9,11-13H2. The van der Waals surface area contributed by atoms with E-state index < -0.39 is 5.60 Å². The van der Waals surface area contributed by atoms with Gasteiger partial charge in [-0.05, 0) is 24.3 Å². The lowest BCUT2D eigenvalue weighted by Gasteiger charge is -2.41. The summed E-state index contributed by atoms with van der Waals surface area (Å²) in [5.74, 6) is -0.101. The van der Waals surface area contributed by atoms with Crippen LogP contribution in [0, 0.1) is 0 Å². The average Bonchev–Trinajstić information content (AvgIpc) is 3.11. The zero-order chi connectivity index (χ0) is 18.0. The van der Waals surface area contributed by atoms with Crippen molar-refractivity contribution in [3.63, 3.8) is 0 Å². The molecule has 4 rings (SSSR count). The quantitative estimate of drug-likeness (QED) is 0.857. The molecule has 7 nitrogen and oxygen atoms in total. The maximum Gasteiger partial charge on any atom is 0.255 e. The number of benzene rings is 1. The average molecular weight is 377 g/mol. The molecular weight excluding hydrogens is 356 g/mol.